The largest absolute Gasteiger partial charge is 0.481 e. The molecule has 0 aromatic heterocycles. The van der Waals surface area contributed by atoms with Crippen molar-refractivity contribution in [3.05, 3.63) is 12.8 Å². The van der Waals surface area contributed by atoms with Crippen LogP contribution in [0.5, 0.6) is 0 Å². The molecular weight excluding hydrogens is 340 g/mol. The number of hydrogen-bond donors (Lipinski definition) is 2. The molecule has 9 heteroatoms. The standard InChI is InChI=1S/C14H26O7SSi/c1-6-21-13(18)14(2,3)7-11(12(16)17)8-22-10-23(9-15,19-4)20-5/h6,11,15H,1,7-10H2,2-5H3,(H,16,17). The first kappa shape index (κ1) is 22.1. The lowest BCUT2D eigenvalue weighted by Crippen LogP contribution is -2.48. The molecule has 0 saturated heterocycles. The fourth-order valence-corrected chi connectivity index (χ4v) is 5.88. The maximum Gasteiger partial charge on any atom is 0.374 e. The van der Waals surface area contributed by atoms with E-state index in [1.165, 1.54) is 26.0 Å². The molecule has 0 amide bonds. The van der Waals surface area contributed by atoms with Gasteiger partial charge in [-0.15, -0.1) is 0 Å². The van der Waals surface area contributed by atoms with Gasteiger partial charge >= 0.3 is 20.5 Å². The third kappa shape index (κ3) is 7.04. The monoisotopic (exact) mass is 366 g/mol. The van der Waals surface area contributed by atoms with Gasteiger partial charge in [0, 0.05) is 25.3 Å². The van der Waals surface area contributed by atoms with Gasteiger partial charge in [0.1, 0.15) is 0 Å². The number of carbonyl (C=O) groups is 2. The zero-order chi connectivity index (χ0) is 18.1. The lowest BCUT2D eigenvalue weighted by atomic mass is 9.83. The average Bonchev–Trinajstić information content (AvgIpc) is 2.51. The van der Waals surface area contributed by atoms with Crippen molar-refractivity contribution >= 4 is 32.3 Å². The third-order valence-electron chi connectivity index (χ3n) is 3.47. The number of carbonyl (C=O) groups excluding carboxylic acids is 1. The lowest BCUT2D eigenvalue weighted by Gasteiger charge is -2.27. The van der Waals surface area contributed by atoms with Crippen LogP contribution in [0.2, 0.25) is 0 Å². The number of thioether (sulfide) groups is 1. The molecule has 0 saturated carbocycles. The van der Waals surface area contributed by atoms with E-state index in [-0.39, 0.29) is 18.4 Å². The van der Waals surface area contributed by atoms with Crippen LogP contribution in [-0.2, 0) is 23.2 Å². The number of aliphatic carboxylic acids is 1. The molecule has 0 fully saturated rings. The van der Waals surface area contributed by atoms with Crippen LogP contribution in [0.15, 0.2) is 12.8 Å². The van der Waals surface area contributed by atoms with Crippen molar-refractivity contribution in [3.8, 4) is 0 Å². The lowest BCUT2D eigenvalue weighted by molar-refractivity contribution is -0.150. The van der Waals surface area contributed by atoms with E-state index in [1.807, 2.05) is 0 Å². The molecule has 0 aliphatic heterocycles. The van der Waals surface area contributed by atoms with Gasteiger partial charge < -0.3 is 23.8 Å². The van der Waals surface area contributed by atoms with Crippen LogP contribution in [0, 0.1) is 11.3 Å². The highest BCUT2D eigenvalue weighted by atomic mass is 32.2. The van der Waals surface area contributed by atoms with E-state index in [0.717, 1.165) is 6.26 Å². The molecule has 0 bridgehead atoms. The van der Waals surface area contributed by atoms with Gasteiger partial charge in [0.2, 0.25) is 0 Å². The number of aliphatic hydroxyl groups is 1. The number of rotatable bonds is 12. The van der Waals surface area contributed by atoms with Gasteiger partial charge in [-0.3, -0.25) is 9.59 Å². The average molecular weight is 367 g/mol. The van der Waals surface area contributed by atoms with E-state index in [9.17, 15) is 19.8 Å². The van der Waals surface area contributed by atoms with E-state index in [2.05, 4.69) is 6.58 Å². The second kappa shape index (κ2) is 10.1. The van der Waals surface area contributed by atoms with Gasteiger partial charge in [-0.2, -0.15) is 11.8 Å². The number of hydrogen-bond acceptors (Lipinski definition) is 7. The number of aliphatic hydroxyl groups excluding tert-OH is 1. The van der Waals surface area contributed by atoms with E-state index in [1.54, 1.807) is 13.8 Å². The first-order chi connectivity index (χ1) is 10.7. The van der Waals surface area contributed by atoms with Crippen molar-refractivity contribution in [1.82, 2.24) is 0 Å². The zero-order valence-electron chi connectivity index (χ0n) is 14.0. The molecule has 0 aromatic carbocycles. The molecule has 23 heavy (non-hydrogen) atoms. The molecule has 0 heterocycles. The highest BCUT2D eigenvalue weighted by molar-refractivity contribution is 8.00. The van der Waals surface area contributed by atoms with Crippen molar-refractivity contribution < 1.29 is 33.4 Å². The predicted octanol–water partition coefficient (Wildman–Crippen LogP) is 1.33. The van der Waals surface area contributed by atoms with Crippen LogP contribution in [0.4, 0.5) is 0 Å². The van der Waals surface area contributed by atoms with Crippen LogP contribution in [0.3, 0.4) is 0 Å². The van der Waals surface area contributed by atoms with Crippen molar-refractivity contribution in [1.29, 1.82) is 0 Å². The topological polar surface area (TPSA) is 102 Å². The molecule has 0 aliphatic rings. The molecule has 1 atom stereocenters. The summed E-state index contributed by atoms with van der Waals surface area (Å²) in [6.07, 6.45) is 0.963. The Bertz CT molecular complexity index is 402. The van der Waals surface area contributed by atoms with Gasteiger partial charge in [0.05, 0.1) is 23.8 Å². The van der Waals surface area contributed by atoms with E-state index >= 15 is 0 Å². The molecular formula is C14H26O7SSi. The summed E-state index contributed by atoms with van der Waals surface area (Å²) in [4.78, 5) is 23.3. The molecule has 1 unspecified atom stereocenters. The first-order valence-electron chi connectivity index (χ1n) is 7.01. The van der Waals surface area contributed by atoms with Crippen molar-refractivity contribution in [2.45, 2.75) is 20.3 Å². The van der Waals surface area contributed by atoms with E-state index < -0.39 is 31.8 Å². The molecule has 7 nitrogen and oxygen atoms in total. The van der Waals surface area contributed by atoms with Gasteiger partial charge in [-0.1, -0.05) is 6.58 Å². The summed E-state index contributed by atoms with van der Waals surface area (Å²) in [6, 6.07) is 0. The molecule has 0 radical (unpaired) electrons. The van der Waals surface area contributed by atoms with Gasteiger partial charge in [0.15, 0.2) is 0 Å². The van der Waals surface area contributed by atoms with Gasteiger partial charge in [0.25, 0.3) is 0 Å². The highest BCUT2D eigenvalue weighted by Crippen LogP contribution is 2.30. The smallest absolute Gasteiger partial charge is 0.374 e. The Hall–Kier alpha value is -0.873. The summed E-state index contributed by atoms with van der Waals surface area (Å²) < 4.78 is 15.3. The van der Waals surface area contributed by atoms with E-state index in [4.69, 9.17) is 13.6 Å². The maximum atomic E-state index is 11.8. The van der Waals surface area contributed by atoms with Crippen LogP contribution in [0.1, 0.15) is 20.3 Å². The van der Waals surface area contributed by atoms with Crippen LogP contribution < -0.4 is 0 Å². The first-order valence-corrected chi connectivity index (χ1v) is 10.4. The summed E-state index contributed by atoms with van der Waals surface area (Å²) in [5.74, 6) is -1.95. The Morgan fingerprint density at radius 2 is 1.91 bits per heavy atom. The summed E-state index contributed by atoms with van der Waals surface area (Å²) in [5.41, 5.74) is -0.939. The van der Waals surface area contributed by atoms with Crippen molar-refractivity contribution in [3.63, 3.8) is 0 Å². The van der Waals surface area contributed by atoms with Crippen LogP contribution >= 0.6 is 11.8 Å². The Morgan fingerprint density at radius 3 is 2.30 bits per heavy atom. The summed E-state index contributed by atoms with van der Waals surface area (Å²) in [6.45, 7) is 6.59. The molecule has 0 spiro atoms. The quantitative estimate of drug-likeness (QED) is 0.303. The highest BCUT2D eigenvalue weighted by Gasteiger charge is 2.38. The van der Waals surface area contributed by atoms with E-state index in [0.29, 0.717) is 5.38 Å². The molecule has 0 aromatic rings. The summed E-state index contributed by atoms with van der Waals surface area (Å²) >= 11 is 1.33. The minimum Gasteiger partial charge on any atom is -0.481 e. The van der Waals surface area contributed by atoms with Crippen LogP contribution in [0.25, 0.3) is 0 Å². The summed E-state index contributed by atoms with van der Waals surface area (Å²) in [5, 5.41) is 19.1. The number of carboxylic acids is 1. The van der Waals surface area contributed by atoms with Crippen molar-refractivity contribution in [2.75, 3.05) is 31.6 Å². The zero-order valence-corrected chi connectivity index (χ0v) is 15.9. The fraction of sp³-hybridized carbons (Fsp3) is 0.714. The molecule has 0 rings (SSSR count). The third-order valence-corrected chi connectivity index (χ3v) is 8.66. The minimum atomic E-state index is -2.69. The summed E-state index contributed by atoms with van der Waals surface area (Å²) in [7, 11) is 0.244. The fourth-order valence-electron chi connectivity index (χ4n) is 1.88. The second-order valence-electron chi connectivity index (χ2n) is 5.69. The van der Waals surface area contributed by atoms with Crippen LogP contribution in [-0.4, -0.2) is 62.3 Å². The number of ether oxygens (including phenoxy) is 1. The Labute approximate surface area is 142 Å². The number of esters is 1. The predicted molar refractivity (Wildman–Crippen MR) is 90.0 cm³/mol. The van der Waals surface area contributed by atoms with Gasteiger partial charge in [-0.25, -0.2) is 0 Å². The maximum absolute atomic E-state index is 11.8. The second-order valence-corrected chi connectivity index (χ2v) is 10.5. The Kier molecular flexibility index (Phi) is 9.70. The molecule has 0 aliphatic carbocycles. The normalized spacial score (nSPS) is 13.4. The number of carboxylic acid groups (broad SMARTS) is 1. The minimum absolute atomic E-state index is 0.135. The SMILES string of the molecule is C=COC(=O)C(C)(C)CC(CSC[Si](CO)(OC)OC)C(=O)O. The Balaban J connectivity index is 4.74. The van der Waals surface area contributed by atoms with Gasteiger partial charge in [-0.05, 0) is 20.3 Å². The Morgan fingerprint density at radius 1 is 1.35 bits per heavy atom. The molecule has 2 N–H and O–H groups in total. The molecule has 134 valence electrons. The van der Waals surface area contributed by atoms with Crippen molar-refractivity contribution in [2.24, 2.45) is 11.3 Å².